The highest BCUT2D eigenvalue weighted by Gasteiger charge is 2.12. The predicted octanol–water partition coefficient (Wildman–Crippen LogP) is 3.66. The summed E-state index contributed by atoms with van der Waals surface area (Å²) in [7, 11) is 0. The summed E-state index contributed by atoms with van der Waals surface area (Å²) in [6.07, 6.45) is 2.53. The number of thiophene rings is 1. The van der Waals surface area contributed by atoms with E-state index in [1.165, 1.54) is 9.56 Å². The molecule has 0 spiro atoms. The number of nitrogens with one attached hydrogen (secondary N) is 1. The van der Waals surface area contributed by atoms with E-state index in [0.717, 1.165) is 6.42 Å². The summed E-state index contributed by atoms with van der Waals surface area (Å²) in [6.45, 7) is 6.72. The van der Waals surface area contributed by atoms with Crippen molar-refractivity contribution in [3.05, 3.63) is 44.0 Å². The minimum absolute atomic E-state index is 0.184. The van der Waals surface area contributed by atoms with Crippen LogP contribution in [0.25, 0.3) is 0 Å². The fourth-order valence-electron chi connectivity index (χ4n) is 2.09. The summed E-state index contributed by atoms with van der Waals surface area (Å²) in [6, 6.07) is 4.32. The highest BCUT2D eigenvalue weighted by Crippen LogP contribution is 2.19. The number of aromatic nitrogens is 2. The number of halogens is 1. The molecule has 0 amide bonds. The van der Waals surface area contributed by atoms with E-state index in [2.05, 4.69) is 28.8 Å². The highest BCUT2D eigenvalue weighted by molar-refractivity contribution is 7.09. The Labute approximate surface area is 133 Å². The van der Waals surface area contributed by atoms with Crippen molar-refractivity contribution in [2.24, 2.45) is 5.92 Å². The molecular weight excluding hydrogens is 306 g/mol. The molecule has 21 heavy (non-hydrogen) atoms. The number of nitrogens with zero attached hydrogens (tertiary/aromatic N) is 2. The molecule has 2 aromatic heterocycles. The average molecular weight is 326 g/mol. The molecule has 1 atom stereocenters. The maximum atomic E-state index is 12.2. The van der Waals surface area contributed by atoms with Crippen LogP contribution in [0.2, 0.25) is 5.02 Å². The van der Waals surface area contributed by atoms with Gasteiger partial charge in [-0.15, -0.1) is 11.3 Å². The first kappa shape index (κ1) is 16.0. The molecule has 114 valence electrons. The van der Waals surface area contributed by atoms with Gasteiger partial charge in [-0.1, -0.05) is 31.5 Å². The molecule has 4 nitrogen and oxygen atoms in total. The van der Waals surface area contributed by atoms with Crippen LogP contribution in [0.3, 0.4) is 0 Å². The molecule has 0 radical (unpaired) electrons. The summed E-state index contributed by atoms with van der Waals surface area (Å²) in [5.74, 6) is 0.350. The van der Waals surface area contributed by atoms with E-state index in [-0.39, 0.29) is 16.6 Å². The molecule has 2 aromatic rings. The molecule has 0 bridgehead atoms. The van der Waals surface area contributed by atoms with Crippen molar-refractivity contribution >= 4 is 28.6 Å². The summed E-state index contributed by atoms with van der Waals surface area (Å²) in [5, 5.41) is 9.73. The first-order valence-corrected chi connectivity index (χ1v) is 8.27. The SMILES string of the molecule is CC(C)Cn1ncc(NC(C)Cc2cccs2)c(Cl)c1=O. The number of hydrogen-bond donors (Lipinski definition) is 1. The molecule has 0 saturated carbocycles. The quantitative estimate of drug-likeness (QED) is 0.881. The van der Waals surface area contributed by atoms with Crippen LogP contribution in [0.5, 0.6) is 0 Å². The molecule has 1 N–H and O–H groups in total. The van der Waals surface area contributed by atoms with Gasteiger partial charge < -0.3 is 5.32 Å². The normalized spacial score (nSPS) is 12.6. The Hall–Kier alpha value is -1.33. The van der Waals surface area contributed by atoms with Crippen molar-refractivity contribution in [2.75, 3.05) is 5.32 Å². The molecule has 2 rings (SSSR count). The Morgan fingerprint density at radius 3 is 2.81 bits per heavy atom. The lowest BCUT2D eigenvalue weighted by Crippen LogP contribution is -2.27. The van der Waals surface area contributed by atoms with Crippen molar-refractivity contribution in [3.63, 3.8) is 0 Å². The molecule has 1 unspecified atom stereocenters. The van der Waals surface area contributed by atoms with E-state index >= 15 is 0 Å². The molecule has 0 aliphatic carbocycles. The van der Waals surface area contributed by atoms with E-state index in [0.29, 0.717) is 18.2 Å². The van der Waals surface area contributed by atoms with Crippen LogP contribution in [0.4, 0.5) is 5.69 Å². The van der Waals surface area contributed by atoms with E-state index in [4.69, 9.17) is 11.6 Å². The van der Waals surface area contributed by atoms with Gasteiger partial charge in [0.15, 0.2) is 0 Å². The summed E-state index contributed by atoms with van der Waals surface area (Å²) in [5.41, 5.74) is 0.365. The number of hydrogen-bond acceptors (Lipinski definition) is 4. The lowest BCUT2D eigenvalue weighted by molar-refractivity contribution is 0.464. The van der Waals surface area contributed by atoms with E-state index in [9.17, 15) is 4.79 Å². The third-order valence-corrected chi connectivity index (χ3v) is 4.28. The first-order valence-electron chi connectivity index (χ1n) is 7.02. The largest absolute Gasteiger partial charge is 0.380 e. The van der Waals surface area contributed by atoms with Gasteiger partial charge in [0.2, 0.25) is 0 Å². The van der Waals surface area contributed by atoms with Gasteiger partial charge in [0.05, 0.1) is 11.9 Å². The second-order valence-corrected chi connectivity index (χ2v) is 6.99. The second kappa shape index (κ2) is 7.09. The molecule has 0 aliphatic heterocycles. The van der Waals surface area contributed by atoms with Crippen LogP contribution in [-0.4, -0.2) is 15.8 Å². The first-order chi connectivity index (χ1) is 9.97. The highest BCUT2D eigenvalue weighted by atomic mass is 35.5. The summed E-state index contributed by atoms with van der Waals surface area (Å²) >= 11 is 7.90. The molecule has 0 saturated heterocycles. The van der Waals surface area contributed by atoms with Gasteiger partial charge in [0, 0.05) is 23.9 Å². The molecule has 0 aliphatic rings. The number of anilines is 1. The fraction of sp³-hybridized carbons (Fsp3) is 0.467. The molecule has 2 heterocycles. The lowest BCUT2D eigenvalue weighted by Gasteiger charge is -2.16. The summed E-state index contributed by atoms with van der Waals surface area (Å²) < 4.78 is 1.42. The zero-order chi connectivity index (χ0) is 15.4. The third kappa shape index (κ3) is 4.32. The topological polar surface area (TPSA) is 46.9 Å². The maximum Gasteiger partial charge on any atom is 0.287 e. The van der Waals surface area contributed by atoms with Crippen molar-refractivity contribution in [1.29, 1.82) is 0 Å². The molecular formula is C15H20ClN3OS. The van der Waals surface area contributed by atoms with Crippen LogP contribution in [-0.2, 0) is 13.0 Å². The van der Waals surface area contributed by atoms with Crippen LogP contribution in [0.1, 0.15) is 25.6 Å². The Morgan fingerprint density at radius 2 is 2.19 bits per heavy atom. The zero-order valence-corrected chi connectivity index (χ0v) is 14.0. The van der Waals surface area contributed by atoms with Gasteiger partial charge in [0.1, 0.15) is 5.02 Å². The monoisotopic (exact) mass is 325 g/mol. The predicted molar refractivity (Wildman–Crippen MR) is 89.5 cm³/mol. The Bertz CT molecular complexity index is 637. The molecule has 0 fully saturated rings. The minimum atomic E-state index is -0.237. The fourth-order valence-corrected chi connectivity index (χ4v) is 3.12. The van der Waals surface area contributed by atoms with Crippen molar-refractivity contribution < 1.29 is 0 Å². The van der Waals surface area contributed by atoms with Gasteiger partial charge in [-0.2, -0.15) is 5.10 Å². The van der Waals surface area contributed by atoms with Crippen molar-refractivity contribution in [2.45, 2.75) is 39.8 Å². The maximum absolute atomic E-state index is 12.2. The molecule has 0 aromatic carbocycles. The smallest absolute Gasteiger partial charge is 0.287 e. The number of rotatable bonds is 6. The van der Waals surface area contributed by atoms with Crippen LogP contribution >= 0.6 is 22.9 Å². The minimum Gasteiger partial charge on any atom is -0.380 e. The van der Waals surface area contributed by atoms with E-state index < -0.39 is 0 Å². The Kier molecular flexibility index (Phi) is 5.42. The van der Waals surface area contributed by atoms with Crippen LogP contribution in [0.15, 0.2) is 28.5 Å². The van der Waals surface area contributed by atoms with Crippen molar-refractivity contribution in [1.82, 2.24) is 9.78 Å². The standard InChI is InChI=1S/C15H20ClN3OS/c1-10(2)9-19-15(20)14(16)13(8-17-19)18-11(3)7-12-5-4-6-21-12/h4-6,8,10-11,18H,7,9H2,1-3H3. The van der Waals surface area contributed by atoms with E-state index in [1.54, 1.807) is 17.5 Å². The van der Waals surface area contributed by atoms with Gasteiger partial charge in [0.25, 0.3) is 5.56 Å². The summed E-state index contributed by atoms with van der Waals surface area (Å²) in [4.78, 5) is 13.5. The molecule has 6 heteroatoms. The Balaban J connectivity index is 2.10. The average Bonchev–Trinajstić information content (AvgIpc) is 2.91. The third-order valence-electron chi connectivity index (χ3n) is 3.01. The second-order valence-electron chi connectivity index (χ2n) is 5.58. The van der Waals surface area contributed by atoms with Crippen molar-refractivity contribution in [3.8, 4) is 0 Å². The lowest BCUT2D eigenvalue weighted by atomic mass is 10.2. The van der Waals surface area contributed by atoms with E-state index in [1.807, 2.05) is 19.9 Å². The van der Waals surface area contributed by atoms with Crippen LogP contribution in [0, 0.1) is 5.92 Å². The van der Waals surface area contributed by atoms with Gasteiger partial charge in [-0.05, 0) is 24.3 Å². The zero-order valence-electron chi connectivity index (χ0n) is 12.5. The van der Waals surface area contributed by atoms with Gasteiger partial charge in [-0.25, -0.2) is 4.68 Å². The van der Waals surface area contributed by atoms with Crippen LogP contribution < -0.4 is 10.9 Å². The Morgan fingerprint density at radius 1 is 1.43 bits per heavy atom. The van der Waals surface area contributed by atoms with Gasteiger partial charge in [-0.3, -0.25) is 4.79 Å². The van der Waals surface area contributed by atoms with Gasteiger partial charge >= 0.3 is 0 Å².